The van der Waals surface area contributed by atoms with Crippen LogP contribution in [0.3, 0.4) is 0 Å². The summed E-state index contributed by atoms with van der Waals surface area (Å²) < 4.78 is 6.16. The number of carbonyl (C=O) groups is 2. The second kappa shape index (κ2) is 8.51. The Labute approximate surface area is 159 Å². The van der Waals surface area contributed by atoms with Gasteiger partial charge in [0.2, 0.25) is 0 Å². The normalized spacial score (nSPS) is 10.2. The molecule has 0 unspecified atom stereocenters. The summed E-state index contributed by atoms with van der Waals surface area (Å²) in [4.78, 5) is 24.4. The Morgan fingerprint density at radius 1 is 0.885 bits per heavy atom. The average molecular weight is 387 g/mol. The summed E-state index contributed by atoms with van der Waals surface area (Å²) >= 11 is 6.92. The zero-order chi connectivity index (χ0) is 18.4. The van der Waals surface area contributed by atoms with Crippen LogP contribution in [0, 0.1) is 0 Å². The number of hydrogen-bond donors (Lipinski definition) is 2. The number of nitrogens with one attached hydrogen (secondary N) is 2. The third-order valence-electron chi connectivity index (χ3n) is 3.45. The van der Waals surface area contributed by atoms with E-state index in [0.717, 1.165) is 22.6 Å². The molecule has 0 atom stereocenters. The van der Waals surface area contributed by atoms with Crippen LogP contribution in [0.2, 0.25) is 4.34 Å². The lowest BCUT2D eigenvalue weighted by Gasteiger charge is -2.08. The second-order valence-electron chi connectivity index (χ2n) is 5.31. The summed E-state index contributed by atoms with van der Waals surface area (Å²) in [6, 6.07) is 19.7. The van der Waals surface area contributed by atoms with E-state index in [4.69, 9.17) is 16.3 Å². The van der Waals surface area contributed by atoms with Crippen molar-refractivity contribution in [3.63, 3.8) is 0 Å². The highest BCUT2D eigenvalue weighted by Crippen LogP contribution is 2.20. The second-order valence-corrected chi connectivity index (χ2v) is 7.03. The Morgan fingerprint density at radius 2 is 1.58 bits per heavy atom. The molecule has 26 heavy (non-hydrogen) atoms. The van der Waals surface area contributed by atoms with Crippen LogP contribution in [0.5, 0.6) is 5.75 Å². The van der Waals surface area contributed by atoms with E-state index in [9.17, 15) is 9.59 Å². The lowest BCUT2D eigenvalue weighted by atomic mass is 10.1. The molecule has 0 fully saturated rings. The van der Waals surface area contributed by atoms with E-state index in [1.165, 1.54) is 0 Å². The van der Waals surface area contributed by atoms with Crippen molar-refractivity contribution in [2.75, 3.05) is 0 Å². The van der Waals surface area contributed by atoms with Crippen LogP contribution in [-0.2, 0) is 6.61 Å². The summed E-state index contributed by atoms with van der Waals surface area (Å²) in [6.07, 6.45) is 0. The Bertz CT molecular complexity index is 895. The van der Waals surface area contributed by atoms with Crippen LogP contribution < -0.4 is 15.6 Å². The van der Waals surface area contributed by atoms with Gasteiger partial charge >= 0.3 is 0 Å². The van der Waals surface area contributed by atoms with Gasteiger partial charge in [0, 0.05) is 5.56 Å². The molecule has 3 aromatic rings. The average Bonchev–Trinajstić information content (AvgIpc) is 3.12. The number of benzene rings is 2. The Balaban J connectivity index is 1.51. The van der Waals surface area contributed by atoms with E-state index >= 15 is 0 Å². The lowest BCUT2D eigenvalue weighted by Crippen LogP contribution is -2.41. The molecule has 0 saturated heterocycles. The molecule has 0 aliphatic rings. The SMILES string of the molecule is O=C(NNC(=O)c1ccc(Cl)s1)c1ccc(COc2ccccc2)cc1. The predicted octanol–water partition coefficient (Wildman–Crippen LogP) is 4.06. The van der Waals surface area contributed by atoms with E-state index in [0.29, 0.717) is 21.4 Å². The number of hydrazine groups is 1. The maximum absolute atomic E-state index is 12.1. The van der Waals surface area contributed by atoms with E-state index in [2.05, 4.69) is 10.9 Å². The van der Waals surface area contributed by atoms with Crippen molar-refractivity contribution < 1.29 is 14.3 Å². The van der Waals surface area contributed by atoms with Gasteiger partial charge < -0.3 is 4.74 Å². The summed E-state index contributed by atoms with van der Waals surface area (Å²) in [6.45, 7) is 0.405. The molecular weight excluding hydrogens is 372 g/mol. The molecule has 1 heterocycles. The van der Waals surface area contributed by atoms with Gasteiger partial charge in [0.25, 0.3) is 11.8 Å². The number of rotatable bonds is 5. The van der Waals surface area contributed by atoms with Gasteiger partial charge in [-0.25, -0.2) is 0 Å². The van der Waals surface area contributed by atoms with Crippen LogP contribution >= 0.6 is 22.9 Å². The molecule has 0 aliphatic carbocycles. The molecule has 132 valence electrons. The number of carbonyl (C=O) groups excluding carboxylic acids is 2. The zero-order valence-electron chi connectivity index (χ0n) is 13.6. The van der Waals surface area contributed by atoms with Crippen LogP contribution in [0.1, 0.15) is 25.6 Å². The molecule has 3 rings (SSSR count). The number of halogens is 1. The molecule has 0 spiro atoms. The van der Waals surface area contributed by atoms with Gasteiger partial charge in [-0.15, -0.1) is 11.3 Å². The Morgan fingerprint density at radius 3 is 2.23 bits per heavy atom. The number of hydrogen-bond acceptors (Lipinski definition) is 4. The third kappa shape index (κ3) is 4.84. The highest BCUT2D eigenvalue weighted by atomic mass is 35.5. The van der Waals surface area contributed by atoms with Gasteiger partial charge in [-0.1, -0.05) is 41.9 Å². The van der Waals surface area contributed by atoms with E-state index in [1.807, 2.05) is 30.3 Å². The van der Waals surface area contributed by atoms with Crippen LogP contribution in [0.25, 0.3) is 0 Å². The molecule has 2 aromatic carbocycles. The Kier molecular flexibility index (Phi) is 5.88. The van der Waals surface area contributed by atoms with Gasteiger partial charge in [0.15, 0.2) is 0 Å². The number of para-hydroxylation sites is 1. The minimum atomic E-state index is -0.414. The van der Waals surface area contributed by atoms with E-state index in [1.54, 1.807) is 36.4 Å². The Hall–Kier alpha value is -2.83. The van der Waals surface area contributed by atoms with Crippen LogP contribution in [0.4, 0.5) is 0 Å². The zero-order valence-corrected chi connectivity index (χ0v) is 15.1. The van der Waals surface area contributed by atoms with Gasteiger partial charge in [-0.05, 0) is 42.0 Å². The fraction of sp³-hybridized carbons (Fsp3) is 0.0526. The van der Waals surface area contributed by atoms with Crippen molar-refractivity contribution in [2.45, 2.75) is 6.61 Å². The van der Waals surface area contributed by atoms with Crippen molar-refractivity contribution in [1.82, 2.24) is 10.9 Å². The first-order chi connectivity index (χ1) is 12.6. The summed E-state index contributed by atoms with van der Waals surface area (Å²) in [5.41, 5.74) is 6.10. The minimum Gasteiger partial charge on any atom is -0.489 e. The summed E-state index contributed by atoms with van der Waals surface area (Å²) in [5, 5.41) is 0. The van der Waals surface area contributed by atoms with Gasteiger partial charge in [0.05, 0.1) is 9.21 Å². The minimum absolute atomic E-state index is 0.405. The maximum atomic E-state index is 12.1. The standard InChI is InChI=1S/C19H15ClN2O3S/c20-17-11-10-16(26-17)19(24)22-21-18(23)14-8-6-13(7-9-14)12-25-15-4-2-1-3-5-15/h1-11H,12H2,(H,21,23)(H,22,24). The van der Waals surface area contributed by atoms with E-state index < -0.39 is 11.8 Å². The van der Waals surface area contributed by atoms with Crippen molar-refractivity contribution in [2.24, 2.45) is 0 Å². The van der Waals surface area contributed by atoms with E-state index in [-0.39, 0.29) is 0 Å². The smallest absolute Gasteiger partial charge is 0.279 e. The monoisotopic (exact) mass is 386 g/mol. The highest BCUT2D eigenvalue weighted by molar-refractivity contribution is 7.17. The molecule has 5 nitrogen and oxygen atoms in total. The first kappa shape index (κ1) is 18.0. The van der Waals surface area contributed by atoms with Gasteiger partial charge in [-0.2, -0.15) is 0 Å². The maximum Gasteiger partial charge on any atom is 0.279 e. The first-order valence-electron chi connectivity index (χ1n) is 7.74. The van der Waals surface area contributed by atoms with Crippen LogP contribution in [0.15, 0.2) is 66.7 Å². The predicted molar refractivity (Wildman–Crippen MR) is 101 cm³/mol. The molecule has 2 N–H and O–H groups in total. The molecular formula is C19H15ClN2O3S. The fourth-order valence-electron chi connectivity index (χ4n) is 2.12. The molecule has 0 saturated carbocycles. The highest BCUT2D eigenvalue weighted by Gasteiger charge is 2.11. The summed E-state index contributed by atoms with van der Waals surface area (Å²) in [5.74, 6) is -0.0367. The molecule has 1 aromatic heterocycles. The third-order valence-corrected chi connectivity index (χ3v) is 4.68. The molecule has 0 radical (unpaired) electrons. The molecule has 0 aliphatic heterocycles. The van der Waals surface area contributed by atoms with Gasteiger partial charge in [-0.3, -0.25) is 20.4 Å². The largest absolute Gasteiger partial charge is 0.489 e. The fourth-order valence-corrected chi connectivity index (χ4v) is 3.06. The molecule has 0 bridgehead atoms. The van der Waals surface area contributed by atoms with Crippen molar-refractivity contribution in [3.8, 4) is 5.75 Å². The number of thiophene rings is 1. The topological polar surface area (TPSA) is 67.4 Å². The first-order valence-corrected chi connectivity index (χ1v) is 8.94. The van der Waals surface area contributed by atoms with Crippen molar-refractivity contribution >= 4 is 34.8 Å². The number of ether oxygens (including phenoxy) is 1. The van der Waals surface area contributed by atoms with Crippen molar-refractivity contribution in [3.05, 3.63) is 87.1 Å². The summed E-state index contributed by atoms with van der Waals surface area (Å²) in [7, 11) is 0. The molecule has 7 heteroatoms. The number of amides is 2. The quantitative estimate of drug-likeness (QED) is 0.650. The molecule has 2 amide bonds. The van der Waals surface area contributed by atoms with Crippen molar-refractivity contribution in [1.29, 1.82) is 0 Å². The van der Waals surface area contributed by atoms with Crippen LogP contribution in [-0.4, -0.2) is 11.8 Å². The lowest BCUT2D eigenvalue weighted by molar-refractivity contribution is 0.0849. The van der Waals surface area contributed by atoms with Gasteiger partial charge in [0.1, 0.15) is 12.4 Å².